The van der Waals surface area contributed by atoms with Crippen molar-refractivity contribution in [3.63, 3.8) is 0 Å². The fourth-order valence-corrected chi connectivity index (χ4v) is 2.88. The monoisotopic (exact) mass is 296 g/mol. The highest BCUT2D eigenvalue weighted by Crippen LogP contribution is 2.33. The van der Waals surface area contributed by atoms with Crippen LogP contribution in [0.2, 0.25) is 0 Å². The number of hydrogen-bond donors (Lipinski definition) is 1. The van der Waals surface area contributed by atoms with Crippen LogP contribution in [0.15, 0.2) is 24.8 Å². The van der Waals surface area contributed by atoms with Crippen molar-refractivity contribution < 1.29 is 18.6 Å². The molecular weight excluding hydrogens is 274 g/mol. The van der Waals surface area contributed by atoms with Crippen molar-refractivity contribution in [2.45, 2.75) is 38.5 Å². The summed E-state index contributed by atoms with van der Waals surface area (Å²) in [5.41, 5.74) is 0. The van der Waals surface area contributed by atoms with Gasteiger partial charge in [-0.15, -0.1) is 6.58 Å². The molecule has 1 N–H and O–H groups in total. The summed E-state index contributed by atoms with van der Waals surface area (Å²) in [6.07, 6.45) is 8.65. The van der Waals surface area contributed by atoms with Gasteiger partial charge in [0.25, 0.3) is 0 Å². The van der Waals surface area contributed by atoms with Crippen LogP contribution in [0, 0.1) is 23.5 Å². The molecule has 1 aliphatic carbocycles. The number of phenols is 1. The van der Waals surface area contributed by atoms with Gasteiger partial charge < -0.3 is 9.84 Å². The number of halogens is 2. The Morgan fingerprint density at radius 3 is 2.48 bits per heavy atom. The normalized spacial score (nSPS) is 22.0. The Morgan fingerprint density at radius 2 is 1.81 bits per heavy atom. The molecule has 1 saturated carbocycles. The van der Waals surface area contributed by atoms with Gasteiger partial charge in [-0.2, -0.15) is 8.78 Å². The minimum atomic E-state index is -1.25. The van der Waals surface area contributed by atoms with Crippen LogP contribution in [0.4, 0.5) is 8.78 Å². The summed E-state index contributed by atoms with van der Waals surface area (Å²) in [6.45, 7) is 4.14. The SMILES string of the molecule is C=CCCC1CCC(COc2ccc(O)c(F)c2F)CC1. The molecule has 4 heteroatoms. The van der Waals surface area contributed by atoms with Crippen molar-refractivity contribution in [3.8, 4) is 11.5 Å². The van der Waals surface area contributed by atoms with Crippen LogP contribution in [0.5, 0.6) is 11.5 Å². The Kier molecular flexibility index (Phi) is 5.59. The van der Waals surface area contributed by atoms with Gasteiger partial charge in [0.1, 0.15) is 0 Å². The lowest BCUT2D eigenvalue weighted by Gasteiger charge is -2.28. The Labute approximate surface area is 124 Å². The zero-order chi connectivity index (χ0) is 15.2. The molecule has 0 heterocycles. The first-order valence-electron chi connectivity index (χ1n) is 7.52. The summed E-state index contributed by atoms with van der Waals surface area (Å²) in [7, 11) is 0. The number of hydrogen-bond acceptors (Lipinski definition) is 2. The average Bonchev–Trinajstić information content (AvgIpc) is 2.51. The molecule has 1 fully saturated rings. The maximum atomic E-state index is 13.5. The first-order chi connectivity index (χ1) is 10.1. The van der Waals surface area contributed by atoms with Crippen molar-refractivity contribution in [1.82, 2.24) is 0 Å². The van der Waals surface area contributed by atoms with E-state index in [1.54, 1.807) is 0 Å². The molecule has 116 valence electrons. The topological polar surface area (TPSA) is 29.5 Å². The highest BCUT2D eigenvalue weighted by atomic mass is 19.2. The Morgan fingerprint density at radius 1 is 1.14 bits per heavy atom. The van der Waals surface area contributed by atoms with E-state index in [-0.39, 0.29) is 5.75 Å². The van der Waals surface area contributed by atoms with E-state index in [2.05, 4.69) is 6.58 Å². The predicted octanol–water partition coefficient (Wildman–Crippen LogP) is 4.82. The van der Waals surface area contributed by atoms with E-state index in [1.807, 2.05) is 6.08 Å². The Bertz CT molecular complexity index is 480. The zero-order valence-corrected chi connectivity index (χ0v) is 12.2. The lowest BCUT2D eigenvalue weighted by atomic mass is 9.80. The van der Waals surface area contributed by atoms with E-state index >= 15 is 0 Å². The third kappa shape index (κ3) is 4.19. The highest BCUT2D eigenvalue weighted by molar-refractivity contribution is 5.33. The second-order valence-electron chi connectivity index (χ2n) is 5.77. The summed E-state index contributed by atoms with van der Waals surface area (Å²) >= 11 is 0. The van der Waals surface area contributed by atoms with Crippen LogP contribution < -0.4 is 4.74 Å². The smallest absolute Gasteiger partial charge is 0.204 e. The lowest BCUT2D eigenvalue weighted by Crippen LogP contribution is -2.20. The fraction of sp³-hybridized carbons (Fsp3) is 0.529. The van der Waals surface area contributed by atoms with E-state index in [1.165, 1.54) is 12.5 Å². The number of benzene rings is 1. The van der Waals surface area contributed by atoms with Gasteiger partial charge in [0, 0.05) is 0 Å². The van der Waals surface area contributed by atoms with E-state index in [0.29, 0.717) is 12.5 Å². The predicted molar refractivity (Wildman–Crippen MR) is 78.4 cm³/mol. The summed E-state index contributed by atoms with van der Waals surface area (Å²) in [5.74, 6) is -2.04. The maximum Gasteiger partial charge on any atom is 0.204 e. The third-order valence-electron chi connectivity index (χ3n) is 4.25. The van der Waals surface area contributed by atoms with Crippen LogP contribution >= 0.6 is 0 Å². The van der Waals surface area contributed by atoms with Gasteiger partial charge in [-0.25, -0.2) is 0 Å². The largest absolute Gasteiger partial charge is 0.505 e. The Hall–Kier alpha value is -1.58. The van der Waals surface area contributed by atoms with E-state index < -0.39 is 17.4 Å². The van der Waals surface area contributed by atoms with Crippen molar-refractivity contribution in [1.29, 1.82) is 0 Å². The number of allylic oxidation sites excluding steroid dienone is 1. The lowest BCUT2D eigenvalue weighted by molar-refractivity contribution is 0.173. The highest BCUT2D eigenvalue weighted by Gasteiger charge is 2.22. The molecule has 1 aromatic carbocycles. The first-order valence-corrected chi connectivity index (χ1v) is 7.52. The number of aromatic hydroxyl groups is 1. The molecule has 0 spiro atoms. The second-order valence-corrected chi connectivity index (χ2v) is 5.77. The van der Waals surface area contributed by atoms with E-state index in [0.717, 1.165) is 44.1 Å². The van der Waals surface area contributed by atoms with Crippen molar-refractivity contribution >= 4 is 0 Å². The molecule has 0 bridgehead atoms. The van der Waals surface area contributed by atoms with Crippen LogP contribution in [-0.2, 0) is 0 Å². The standard InChI is InChI=1S/C17H22F2O2/c1-2-3-4-12-5-7-13(8-6-12)11-21-15-10-9-14(20)16(18)17(15)19/h2,9-10,12-13,20H,1,3-8,11H2. The average molecular weight is 296 g/mol. The van der Waals surface area contributed by atoms with Gasteiger partial charge in [0.2, 0.25) is 11.6 Å². The first kappa shape index (κ1) is 15.8. The number of rotatable bonds is 6. The van der Waals surface area contributed by atoms with Gasteiger partial charge in [-0.05, 0) is 49.7 Å². The molecule has 0 atom stereocenters. The number of ether oxygens (including phenoxy) is 1. The van der Waals surface area contributed by atoms with Gasteiger partial charge in [-0.3, -0.25) is 0 Å². The van der Waals surface area contributed by atoms with E-state index in [4.69, 9.17) is 9.84 Å². The van der Waals surface area contributed by atoms with Crippen molar-refractivity contribution in [3.05, 3.63) is 36.4 Å². The summed E-state index contributed by atoms with van der Waals surface area (Å²) in [4.78, 5) is 0. The molecule has 2 nitrogen and oxygen atoms in total. The van der Waals surface area contributed by atoms with Gasteiger partial charge in [0.15, 0.2) is 11.5 Å². The molecule has 0 amide bonds. The molecule has 2 rings (SSSR count). The molecule has 1 aromatic rings. The minimum absolute atomic E-state index is 0.126. The summed E-state index contributed by atoms with van der Waals surface area (Å²) in [5, 5.41) is 9.06. The minimum Gasteiger partial charge on any atom is -0.505 e. The van der Waals surface area contributed by atoms with E-state index in [9.17, 15) is 8.78 Å². The maximum absolute atomic E-state index is 13.5. The molecule has 0 aliphatic heterocycles. The summed E-state index contributed by atoms with van der Waals surface area (Å²) < 4.78 is 32.1. The molecule has 0 aromatic heterocycles. The van der Waals surface area contributed by atoms with Crippen LogP contribution in [0.25, 0.3) is 0 Å². The fourth-order valence-electron chi connectivity index (χ4n) is 2.88. The van der Waals surface area contributed by atoms with Gasteiger partial charge in [-0.1, -0.05) is 18.9 Å². The molecule has 1 aliphatic rings. The molecular formula is C17H22F2O2. The van der Waals surface area contributed by atoms with Gasteiger partial charge in [0.05, 0.1) is 6.61 Å². The van der Waals surface area contributed by atoms with Gasteiger partial charge >= 0.3 is 0 Å². The second kappa shape index (κ2) is 7.43. The van der Waals surface area contributed by atoms with Crippen LogP contribution in [-0.4, -0.2) is 11.7 Å². The Balaban J connectivity index is 1.80. The van der Waals surface area contributed by atoms with Crippen LogP contribution in [0.1, 0.15) is 38.5 Å². The summed E-state index contributed by atoms with van der Waals surface area (Å²) in [6, 6.07) is 2.38. The van der Waals surface area contributed by atoms with Crippen molar-refractivity contribution in [2.24, 2.45) is 11.8 Å². The molecule has 0 unspecified atom stereocenters. The quantitative estimate of drug-likeness (QED) is 0.762. The molecule has 21 heavy (non-hydrogen) atoms. The van der Waals surface area contributed by atoms with Crippen LogP contribution in [0.3, 0.4) is 0 Å². The molecule has 0 saturated heterocycles. The zero-order valence-electron chi connectivity index (χ0n) is 12.2. The molecule has 0 radical (unpaired) electrons. The number of phenolic OH excluding ortho intramolecular Hbond substituents is 1. The van der Waals surface area contributed by atoms with Crippen molar-refractivity contribution in [2.75, 3.05) is 6.61 Å². The third-order valence-corrected chi connectivity index (χ3v) is 4.25.